The molecule has 1 aromatic heterocycles. The Balaban J connectivity index is 2.27. The minimum Gasteiger partial charge on any atom is -0.378 e. The molecule has 5 heteroatoms. The summed E-state index contributed by atoms with van der Waals surface area (Å²) in [6.45, 7) is 4.16. The third-order valence-electron chi connectivity index (χ3n) is 2.86. The maximum absolute atomic E-state index is 4.54. The summed E-state index contributed by atoms with van der Waals surface area (Å²) in [5.41, 5.74) is 2.16. The number of nitrogens with one attached hydrogen (secondary N) is 1. The SMILES string of the molecule is CC(C)c1nc(Br)cc(Nc2cccc(N(C)C)c2)n1. The molecule has 0 aliphatic carbocycles. The second kappa shape index (κ2) is 6.22. The standard InChI is InChI=1S/C15H19BrN4/c1-10(2)15-18-13(16)9-14(19-15)17-11-6-5-7-12(8-11)20(3)4/h5-10H,1-4H3,(H,17,18,19). The molecule has 2 aromatic rings. The largest absolute Gasteiger partial charge is 0.378 e. The van der Waals surface area contributed by atoms with Crippen molar-refractivity contribution in [2.45, 2.75) is 19.8 Å². The van der Waals surface area contributed by atoms with Crippen LogP contribution in [-0.4, -0.2) is 24.1 Å². The summed E-state index contributed by atoms with van der Waals surface area (Å²) in [7, 11) is 4.05. The van der Waals surface area contributed by atoms with E-state index in [4.69, 9.17) is 0 Å². The Bertz CT molecular complexity index is 596. The topological polar surface area (TPSA) is 41.1 Å². The maximum atomic E-state index is 4.54. The predicted octanol–water partition coefficient (Wildman–Crippen LogP) is 4.17. The molecule has 0 unspecified atom stereocenters. The molecule has 4 nitrogen and oxygen atoms in total. The molecular weight excluding hydrogens is 316 g/mol. The van der Waals surface area contributed by atoms with E-state index in [2.05, 4.69) is 62.1 Å². The molecule has 0 aliphatic heterocycles. The van der Waals surface area contributed by atoms with Gasteiger partial charge in [0.25, 0.3) is 0 Å². The van der Waals surface area contributed by atoms with Gasteiger partial charge in [0.1, 0.15) is 16.2 Å². The number of hydrogen-bond donors (Lipinski definition) is 1. The van der Waals surface area contributed by atoms with Gasteiger partial charge in [-0.25, -0.2) is 9.97 Å². The quantitative estimate of drug-likeness (QED) is 0.852. The lowest BCUT2D eigenvalue weighted by Crippen LogP contribution is -2.08. The zero-order valence-corrected chi connectivity index (χ0v) is 13.8. The first-order valence-corrected chi connectivity index (χ1v) is 7.34. The number of rotatable bonds is 4. The number of aromatic nitrogens is 2. The molecule has 1 aromatic carbocycles. The lowest BCUT2D eigenvalue weighted by Gasteiger charge is -2.15. The van der Waals surface area contributed by atoms with Crippen molar-refractivity contribution in [3.63, 3.8) is 0 Å². The molecule has 0 aliphatic rings. The minimum atomic E-state index is 0.293. The lowest BCUT2D eigenvalue weighted by atomic mass is 10.2. The van der Waals surface area contributed by atoms with Crippen LogP contribution in [0.25, 0.3) is 0 Å². The normalized spacial score (nSPS) is 10.7. The molecule has 0 radical (unpaired) electrons. The van der Waals surface area contributed by atoms with E-state index in [-0.39, 0.29) is 0 Å². The highest BCUT2D eigenvalue weighted by Gasteiger charge is 2.07. The van der Waals surface area contributed by atoms with E-state index in [1.807, 2.05) is 32.3 Å². The van der Waals surface area contributed by atoms with Crippen molar-refractivity contribution in [1.29, 1.82) is 0 Å². The molecule has 0 fully saturated rings. The van der Waals surface area contributed by atoms with Gasteiger partial charge < -0.3 is 10.2 Å². The van der Waals surface area contributed by atoms with E-state index in [0.29, 0.717) is 5.92 Å². The number of nitrogens with zero attached hydrogens (tertiary/aromatic N) is 3. The highest BCUT2D eigenvalue weighted by molar-refractivity contribution is 9.10. The van der Waals surface area contributed by atoms with Crippen molar-refractivity contribution in [3.05, 3.63) is 40.8 Å². The Morgan fingerprint density at radius 3 is 2.55 bits per heavy atom. The summed E-state index contributed by atoms with van der Waals surface area (Å²) in [4.78, 5) is 11.0. The lowest BCUT2D eigenvalue weighted by molar-refractivity contribution is 0.771. The van der Waals surface area contributed by atoms with Gasteiger partial charge in [-0.05, 0) is 34.1 Å². The number of anilines is 3. The fraction of sp³-hybridized carbons (Fsp3) is 0.333. The van der Waals surface area contributed by atoms with Gasteiger partial charge in [-0.15, -0.1) is 0 Å². The van der Waals surface area contributed by atoms with Crippen LogP contribution in [0.3, 0.4) is 0 Å². The van der Waals surface area contributed by atoms with E-state index in [0.717, 1.165) is 27.6 Å². The first kappa shape index (κ1) is 14.8. The molecule has 0 atom stereocenters. The average Bonchev–Trinajstić information content (AvgIpc) is 2.38. The molecule has 1 heterocycles. The number of benzene rings is 1. The molecule has 106 valence electrons. The molecule has 2 rings (SSSR count). The molecule has 0 bridgehead atoms. The van der Waals surface area contributed by atoms with Crippen LogP contribution in [0.15, 0.2) is 34.9 Å². The van der Waals surface area contributed by atoms with Gasteiger partial charge in [0.2, 0.25) is 0 Å². The van der Waals surface area contributed by atoms with Crippen molar-refractivity contribution in [1.82, 2.24) is 9.97 Å². The van der Waals surface area contributed by atoms with Gasteiger partial charge >= 0.3 is 0 Å². The van der Waals surface area contributed by atoms with Crippen LogP contribution in [0, 0.1) is 0 Å². The van der Waals surface area contributed by atoms with Gasteiger partial charge in [-0.2, -0.15) is 0 Å². The van der Waals surface area contributed by atoms with Crippen molar-refractivity contribution in [3.8, 4) is 0 Å². The van der Waals surface area contributed by atoms with Crippen molar-refractivity contribution in [2.75, 3.05) is 24.3 Å². The molecule has 1 N–H and O–H groups in total. The van der Waals surface area contributed by atoms with Crippen LogP contribution in [0.4, 0.5) is 17.2 Å². The minimum absolute atomic E-state index is 0.293. The fourth-order valence-electron chi connectivity index (χ4n) is 1.77. The number of hydrogen-bond acceptors (Lipinski definition) is 4. The zero-order valence-electron chi connectivity index (χ0n) is 12.2. The maximum Gasteiger partial charge on any atom is 0.135 e. The Morgan fingerprint density at radius 1 is 1.15 bits per heavy atom. The summed E-state index contributed by atoms with van der Waals surface area (Å²) in [5, 5.41) is 3.33. The van der Waals surface area contributed by atoms with Crippen LogP contribution in [-0.2, 0) is 0 Å². The second-order valence-corrected chi connectivity index (χ2v) is 5.97. The van der Waals surface area contributed by atoms with E-state index in [1.54, 1.807) is 0 Å². The van der Waals surface area contributed by atoms with E-state index in [1.165, 1.54) is 0 Å². The summed E-state index contributed by atoms with van der Waals surface area (Å²) in [5.74, 6) is 1.92. The van der Waals surface area contributed by atoms with Crippen molar-refractivity contribution >= 4 is 33.1 Å². The summed E-state index contributed by atoms with van der Waals surface area (Å²) >= 11 is 3.43. The van der Waals surface area contributed by atoms with Crippen LogP contribution >= 0.6 is 15.9 Å². The van der Waals surface area contributed by atoms with Gasteiger partial charge in [0.15, 0.2) is 0 Å². The Kier molecular flexibility index (Phi) is 4.60. The van der Waals surface area contributed by atoms with Crippen LogP contribution < -0.4 is 10.2 Å². The average molecular weight is 335 g/mol. The first-order valence-electron chi connectivity index (χ1n) is 6.54. The predicted molar refractivity (Wildman–Crippen MR) is 87.9 cm³/mol. The number of halogens is 1. The smallest absolute Gasteiger partial charge is 0.135 e. The third kappa shape index (κ3) is 3.70. The van der Waals surface area contributed by atoms with Gasteiger partial charge in [-0.3, -0.25) is 0 Å². The van der Waals surface area contributed by atoms with Crippen LogP contribution in [0.2, 0.25) is 0 Å². The van der Waals surface area contributed by atoms with Crippen molar-refractivity contribution < 1.29 is 0 Å². The highest BCUT2D eigenvalue weighted by atomic mass is 79.9. The first-order chi connectivity index (χ1) is 9.45. The summed E-state index contributed by atoms with van der Waals surface area (Å²) in [6.07, 6.45) is 0. The van der Waals surface area contributed by atoms with E-state index < -0.39 is 0 Å². The monoisotopic (exact) mass is 334 g/mol. The summed E-state index contributed by atoms with van der Waals surface area (Å²) in [6, 6.07) is 10.1. The Hall–Kier alpha value is -1.62. The van der Waals surface area contributed by atoms with Gasteiger partial charge in [-0.1, -0.05) is 19.9 Å². The molecule has 0 saturated heterocycles. The fourth-order valence-corrected chi connectivity index (χ4v) is 2.17. The van der Waals surface area contributed by atoms with Crippen LogP contribution in [0.1, 0.15) is 25.6 Å². The summed E-state index contributed by atoms with van der Waals surface area (Å²) < 4.78 is 0.794. The van der Waals surface area contributed by atoms with Gasteiger partial charge in [0, 0.05) is 37.5 Å². The molecule has 0 saturated carbocycles. The molecule has 20 heavy (non-hydrogen) atoms. The van der Waals surface area contributed by atoms with E-state index in [9.17, 15) is 0 Å². The Morgan fingerprint density at radius 2 is 1.90 bits per heavy atom. The zero-order chi connectivity index (χ0) is 14.7. The molecule has 0 amide bonds. The molecular formula is C15H19BrN4. The van der Waals surface area contributed by atoms with Gasteiger partial charge in [0.05, 0.1) is 0 Å². The van der Waals surface area contributed by atoms with Crippen LogP contribution in [0.5, 0.6) is 0 Å². The highest BCUT2D eigenvalue weighted by Crippen LogP contribution is 2.23. The Labute approximate surface area is 128 Å². The third-order valence-corrected chi connectivity index (χ3v) is 3.27. The van der Waals surface area contributed by atoms with E-state index >= 15 is 0 Å². The second-order valence-electron chi connectivity index (χ2n) is 5.16. The van der Waals surface area contributed by atoms with Crippen molar-refractivity contribution in [2.24, 2.45) is 0 Å². The molecule has 0 spiro atoms.